The van der Waals surface area contributed by atoms with E-state index in [0.29, 0.717) is 22.0 Å². The maximum absolute atomic E-state index is 11.5. The molecular weight excluding hydrogens is 252 g/mol. The molecule has 0 aliphatic heterocycles. The maximum Gasteiger partial charge on any atom is 0.340 e. The van der Waals surface area contributed by atoms with Crippen LogP contribution >= 0.6 is 11.6 Å². The Morgan fingerprint density at radius 2 is 2.00 bits per heavy atom. The predicted octanol–water partition coefficient (Wildman–Crippen LogP) is 2.77. The van der Waals surface area contributed by atoms with Gasteiger partial charge >= 0.3 is 5.97 Å². The minimum atomic E-state index is -0.481. The van der Waals surface area contributed by atoms with Crippen LogP contribution in [-0.2, 0) is 4.74 Å². The van der Waals surface area contributed by atoms with Gasteiger partial charge in [0, 0.05) is 10.6 Å². The SMILES string of the molecule is COC(=O)c1cc(-c2ccc(Cl)cc2)ncc1N. The largest absolute Gasteiger partial charge is 0.465 e. The van der Waals surface area contributed by atoms with Crippen molar-refractivity contribution >= 4 is 23.3 Å². The number of carbonyl (C=O) groups excluding carboxylic acids is 1. The molecule has 0 saturated carbocycles. The lowest BCUT2D eigenvalue weighted by Gasteiger charge is -2.06. The topological polar surface area (TPSA) is 65.2 Å². The molecule has 0 saturated heterocycles. The first kappa shape index (κ1) is 12.4. The van der Waals surface area contributed by atoms with Crippen LogP contribution in [-0.4, -0.2) is 18.1 Å². The summed E-state index contributed by atoms with van der Waals surface area (Å²) in [5, 5.41) is 0.641. The van der Waals surface area contributed by atoms with Gasteiger partial charge in [0.1, 0.15) is 0 Å². The van der Waals surface area contributed by atoms with Crippen LogP contribution in [0, 0.1) is 0 Å². The van der Waals surface area contributed by atoms with E-state index < -0.39 is 5.97 Å². The molecule has 0 unspecified atom stereocenters. The van der Waals surface area contributed by atoms with Crippen LogP contribution in [0.15, 0.2) is 36.5 Å². The number of nitrogens with two attached hydrogens (primary N) is 1. The number of carbonyl (C=O) groups is 1. The number of esters is 1. The lowest BCUT2D eigenvalue weighted by molar-refractivity contribution is 0.0602. The Hall–Kier alpha value is -2.07. The number of aromatic nitrogens is 1. The minimum absolute atomic E-state index is 0.291. The molecule has 5 heteroatoms. The van der Waals surface area contributed by atoms with Crippen LogP contribution in [0.2, 0.25) is 5.02 Å². The first-order chi connectivity index (χ1) is 8.61. The van der Waals surface area contributed by atoms with Gasteiger partial charge < -0.3 is 10.5 Å². The monoisotopic (exact) mass is 262 g/mol. The van der Waals surface area contributed by atoms with E-state index >= 15 is 0 Å². The predicted molar refractivity (Wildman–Crippen MR) is 70.4 cm³/mol. The number of ether oxygens (including phenoxy) is 1. The van der Waals surface area contributed by atoms with Crippen molar-refractivity contribution in [2.24, 2.45) is 0 Å². The average Bonchev–Trinajstić information content (AvgIpc) is 2.39. The third-order valence-electron chi connectivity index (χ3n) is 2.48. The zero-order valence-corrected chi connectivity index (χ0v) is 10.4. The molecule has 1 aromatic carbocycles. The summed E-state index contributed by atoms with van der Waals surface area (Å²) >= 11 is 5.81. The van der Waals surface area contributed by atoms with Crippen molar-refractivity contribution in [3.05, 3.63) is 47.1 Å². The van der Waals surface area contributed by atoms with E-state index in [1.807, 2.05) is 12.1 Å². The molecule has 0 bridgehead atoms. The van der Waals surface area contributed by atoms with Gasteiger partial charge in [-0.25, -0.2) is 4.79 Å². The van der Waals surface area contributed by atoms with E-state index in [1.165, 1.54) is 13.3 Å². The number of nitrogen functional groups attached to an aromatic ring is 1. The molecule has 0 spiro atoms. The van der Waals surface area contributed by atoms with E-state index in [9.17, 15) is 4.79 Å². The Bertz CT molecular complexity index is 582. The number of rotatable bonds is 2. The molecule has 0 amide bonds. The fourth-order valence-electron chi connectivity index (χ4n) is 1.53. The number of benzene rings is 1. The van der Waals surface area contributed by atoms with E-state index in [1.54, 1.807) is 18.2 Å². The zero-order chi connectivity index (χ0) is 13.1. The normalized spacial score (nSPS) is 10.1. The van der Waals surface area contributed by atoms with Gasteiger partial charge in [-0.1, -0.05) is 23.7 Å². The first-order valence-electron chi connectivity index (χ1n) is 5.21. The standard InChI is InChI=1S/C13H11ClN2O2/c1-18-13(17)10-6-12(16-7-11(10)15)8-2-4-9(14)5-3-8/h2-7H,15H2,1H3. The number of anilines is 1. The Balaban J connectivity index is 2.46. The molecule has 18 heavy (non-hydrogen) atoms. The zero-order valence-electron chi connectivity index (χ0n) is 9.68. The molecule has 92 valence electrons. The van der Waals surface area contributed by atoms with E-state index in [-0.39, 0.29) is 0 Å². The van der Waals surface area contributed by atoms with Crippen molar-refractivity contribution < 1.29 is 9.53 Å². The number of pyridine rings is 1. The van der Waals surface area contributed by atoms with Crippen LogP contribution in [0.25, 0.3) is 11.3 Å². The molecule has 0 atom stereocenters. The summed E-state index contributed by atoms with van der Waals surface area (Å²) in [5.74, 6) is -0.481. The summed E-state index contributed by atoms with van der Waals surface area (Å²) in [6, 6.07) is 8.76. The van der Waals surface area contributed by atoms with E-state index in [2.05, 4.69) is 9.72 Å². The van der Waals surface area contributed by atoms with Crippen LogP contribution in [0.4, 0.5) is 5.69 Å². The Morgan fingerprint density at radius 1 is 1.33 bits per heavy atom. The van der Waals surface area contributed by atoms with Gasteiger partial charge in [-0.2, -0.15) is 0 Å². The number of halogens is 1. The van der Waals surface area contributed by atoms with Crippen molar-refractivity contribution in [3.8, 4) is 11.3 Å². The highest BCUT2D eigenvalue weighted by Gasteiger charge is 2.12. The fraction of sp³-hybridized carbons (Fsp3) is 0.0769. The quantitative estimate of drug-likeness (QED) is 0.845. The van der Waals surface area contributed by atoms with Crippen molar-refractivity contribution in [1.82, 2.24) is 4.98 Å². The Morgan fingerprint density at radius 3 is 2.61 bits per heavy atom. The van der Waals surface area contributed by atoms with Gasteiger partial charge in [0.2, 0.25) is 0 Å². The molecule has 2 N–H and O–H groups in total. The highest BCUT2D eigenvalue weighted by molar-refractivity contribution is 6.30. The molecule has 1 aromatic heterocycles. The highest BCUT2D eigenvalue weighted by atomic mass is 35.5. The molecule has 1 heterocycles. The van der Waals surface area contributed by atoms with Crippen LogP contribution in [0.1, 0.15) is 10.4 Å². The van der Waals surface area contributed by atoms with Gasteiger partial charge in [-0.05, 0) is 18.2 Å². The second-order valence-electron chi connectivity index (χ2n) is 3.66. The van der Waals surface area contributed by atoms with Crippen molar-refractivity contribution in [2.75, 3.05) is 12.8 Å². The van der Waals surface area contributed by atoms with E-state index in [4.69, 9.17) is 17.3 Å². The molecule has 0 aliphatic rings. The van der Waals surface area contributed by atoms with Gasteiger partial charge in [0.25, 0.3) is 0 Å². The summed E-state index contributed by atoms with van der Waals surface area (Å²) in [4.78, 5) is 15.7. The Kier molecular flexibility index (Phi) is 3.48. The lowest BCUT2D eigenvalue weighted by Crippen LogP contribution is -2.06. The van der Waals surface area contributed by atoms with Gasteiger partial charge in [-0.3, -0.25) is 4.98 Å². The molecule has 0 aliphatic carbocycles. The lowest BCUT2D eigenvalue weighted by atomic mass is 10.1. The third kappa shape index (κ3) is 2.43. The molecule has 4 nitrogen and oxygen atoms in total. The molecule has 2 rings (SSSR count). The minimum Gasteiger partial charge on any atom is -0.465 e. The summed E-state index contributed by atoms with van der Waals surface area (Å²) in [6.07, 6.45) is 1.44. The summed E-state index contributed by atoms with van der Waals surface area (Å²) in [6.45, 7) is 0. The number of methoxy groups -OCH3 is 1. The number of hydrogen-bond acceptors (Lipinski definition) is 4. The molecule has 0 radical (unpaired) electrons. The molecule has 0 fully saturated rings. The summed E-state index contributed by atoms with van der Waals surface area (Å²) < 4.78 is 4.66. The van der Waals surface area contributed by atoms with Crippen LogP contribution in [0.5, 0.6) is 0 Å². The fourth-order valence-corrected chi connectivity index (χ4v) is 1.66. The Labute approximate surface area is 109 Å². The summed E-state index contributed by atoms with van der Waals surface area (Å²) in [7, 11) is 1.31. The second-order valence-corrected chi connectivity index (χ2v) is 4.09. The van der Waals surface area contributed by atoms with Gasteiger partial charge in [0.15, 0.2) is 0 Å². The van der Waals surface area contributed by atoms with Crippen LogP contribution in [0.3, 0.4) is 0 Å². The van der Waals surface area contributed by atoms with Gasteiger partial charge in [0.05, 0.1) is 30.3 Å². The maximum atomic E-state index is 11.5. The average molecular weight is 263 g/mol. The highest BCUT2D eigenvalue weighted by Crippen LogP contribution is 2.23. The van der Waals surface area contributed by atoms with Crippen LogP contribution < -0.4 is 5.73 Å². The second kappa shape index (κ2) is 5.06. The van der Waals surface area contributed by atoms with Crippen molar-refractivity contribution in [2.45, 2.75) is 0 Å². The third-order valence-corrected chi connectivity index (χ3v) is 2.73. The number of nitrogens with zero attached hydrogens (tertiary/aromatic N) is 1. The van der Waals surface area contributed by atoms with Gasteiger partial charge in [-0.15, -0.1) is 0 Å². The van der Waals surface area contributed by atoms with Crippen molar-refractivity contribution in [1.29, 1.82) is 0 Å². The first-order valence-corrected chi connectivity index (χ1v) is 5.59. The van der Waals surface area contributed by atoms with Crippen molar-refractivity contribution in [3.63, 3.8) is 0 Å². The smallest absolute Gasteiger partial charge is 0.340 e. The van der Waals surface area contributed by atoms with E-state index in [0.717, 1.165) is 5.56 Å². The number of hydrogen-bond donors (Lipinski definition) is 1. The molecular formula is C13H11ClN2O2. The summed E-state index contributed by atoms with van der Waals surface area (Å²) in [5.41, 5.74) is 7.77. The molecule has 2 aromatic rings.